The summed E-state index contributed by atoms with van der Waals surface area (Å²) in [6, 6.07) is 6.74. The van der Waals surface area contributed by atoms with E-state index in [4.69, 9.17) is 11.6 Å². The molecular formula is C11H16Cl2N2O. The fraction of sp³-hybridized carbons (Fsp3) is 0.364. The van der Waals surface area contributed by atoms with Crippen molar-refractivity contribution in [1.82, 2.24) is 10.9 Å². The number of hydrogen-bond donors (Lipinski definition) is 2. The van der Waals surface area contributed by atoms with E-state index in [1.165, 1.54) is 0 Å². The lowest BCUT2D eigenvalue weighted by molar-refractivity contribution is 0.0914. The first-order chi connectivity index (χ1) is 6.88. The first-order valence-electron chi connectivity index (χ1n) is 4.71. The molecule has 0 saturated heterocycles. The van der Waals surface area contributed by atoms with Crippen LogP contribution in [0.1, 0.15) is 31.1 Å². The van der Waals surface area contributed by atoms with Gasteiger partial charge in [0.25, 0.3) is 5.91 Å². The van der Waals surface area contributed by atoms with Crippen molar-refractivity contribution < 1.29 is 4.79 Å². The second kappa shape index (κ2) is 6.09. The van der Waals surface area contributed by atoms with Gasteiger partial charge in [-0.25, -0.2) is 5.43 Å². The molecule has 0 saturated carbocycles. The molecule has 3 nitrogen and oxygen atoms in total. The number of amides is 1. The molecule has 1 amide bonds. The number of carbonyl (C=O) groups excluding carboxylic acids is 1. The maximum Gasteiger partial charge on any atom is 0.265 e. The number of benzene rings is 1. The SMILES string of the molecule is CC(C)(C)NNC(=O)c1ccc(Cl)cc1.Cl. The van der Waals surface area contributed by atoms with Crippen LogP contribution in [0.3, 0.4) is 0 Å². The molecular weight excluding hydrogens is 247 g/mol. The Morgan fingerprint density at radius 1 is 1.19 bits per heavy atom. The molecule has 90 valence electrons. The molecule has 0 aliphatic carbocycles. The van der Waals surface area contributed by atoms with Gasteiger partial charge in [-0.05, 0) is 45.0 Å². The summed E-state index contributed by atoms with van der Waals surface area (Å²) in [7, 11) is 0. The van der Waals surface area contributed by atoms with Gasteiger partial charge >= 0.3 is 0 Å². The second-order valence-corrected chi connectivity index (χ2v) is 4.77. The first-order valence-corrected chi connectivity index (χ1v) is 5.09. The molecule has 0 fully saturated rings. The van der Waals surface area contributed by atoms with Crippen LogP contribution in [0.25, 0.3) is 0 Å². The molecule has 1 rings (SSSR count). The molecule has 0 spiro atoms. The molecule has 0 aliphatic heterocycles. The first kappa shape index (κ1) is 15.2. The number of halogens is 2. The van der Waals surface area contributed by atoms with Crippen LogP contribution in [0.2, 0.25) is 5.02 Å². The van der Waals surface area contributed by atoms with Gasteiger partial charge in [-0.2, -0.15) is 0 Å². The van der Waals surface area contributed by atoms with Gasteiger partial charge in [-0.3, -0.25) is 10.2 Å². The van der Waals surface area contributed by atoms with Crippen molar-refractivity contribution in [2.45, 2.75) is 26.3 Å². The Hall–Kier alpha value is -0.770. The number of carbonyl (C=O) groups is 1. The van der Waals surface area contributed by atoms with E-state index in [1.54, 1.807) is 24.3 Å². The normalized spacial score (nSPS) is 10.5. The third-order valence-electron chi connectivity index (χ3n) is 1.66. The van der Waals surface area contributed by atoms with E-state index in [9.17, 15) is 4.79 Å². The topological polar surface area (TPSA) is 41.1 Å². The molecule has 1 aromatic rings. The lowest BCUT2D eigenvalue weighted by Gasteiger charge is -2.20. The van der Waals surface area contributed by atoms with Gasteiger partial charge in [0.15, 0.2) is 0 Å². The fourth-order valence-electron chi connectivity index (χ4n) is 0.918. The fourth-order valence-corrected chi connectivity index (χ4v) is 1.04. The molecule has 0 bridgehead atoms. The summed E-state index contributed by atoms with van der Waals surface area (Å²) in [4.78, 5) is 11.6. The Morgan fingerprint density at radius 2 is 1.69 bits per heavy atom. The van der Waals surface area contributed by atoms with Crippen molar-refractivity contribution >= 4 is 29.9 Å². The minimum absolute atomic E-state index is 0. The van der Waals surface area contributed by atoms with E-state index in [0.29, 0.717) is 10.6 Å². The Balaban J connectivity index is 0.00000225. The standard InChI is InChI=1S/C11H15ClN2O.ClH/c1-11(2,3)14-13-10(15)8-4-6-9(12)7-5-8;/h4-7,14H,1-3H3,(H,13,15);1H. The van der Waals surface area contributed by atoms with Gasteiger partial charge in [0, 0.05) is 16.1 Å². The van der Waals surface area contributed by atoms with Crippen molar-refractivity contribution in [3.05, 3.63) is 34.9 Å². The Kier molecular flexibility index (Phi) is 5.79. The van der Waals surface area contributed by atoms with E-state index < -0.39 is 0 Å². The highest BCUT2D eigenvalue weighted by Gasteiger charge is 2.11. The van der Waals surface area contributed by atoms with Gasteiger partial charge in [-0.15, -0.1) is 12.4 Å². The maximum atomic E-state index is 11.6. The van der Waals surface area contributed by atoms with Gasteiger partial charge in [0.05, 0.1) is 0 Å². The largest absolute Gasteiger partial charge is 0.287 e. The Labute approximate surface area is 107 Å². The van der Waals surface area contributed by atoms with Gasteiger partial charge in [-0.1, -0.05) is 11.6 Å². The lowest BCUT2D eigenvalue weighted by Crippen LogP contribution is -2.48. The number of hydrogen-bond acceptors (Lipinski definition) is 2. The quantitative estimate of drug-likeness (QED) is 0.805. The smallest absolute Gasteiger partial charge is 0.265 e. The van der Waals surface area contributed by atoms with Crippen molar-refractivity contribution in [2.75, 3.05) is 0 Å². The highest BCUT2D eigenvalue weighted by atomic mass is 35.5. The summed E-state index contributed by atoms with van der Waals surface area (Å²) in [6.45, 7) is 5.90. The van der Waals surface area contributed by atoms with E-state index in [1.807, 2.05) is 20.8 Å². The molecule has 16 heavy (non-hydrogen) atoms. The molecule has 0 atom stereocenters. The minimum Gasteiger partial charge on any atom is -0.287 e. The summed E-state index contributed by atoms with van der Waals surface area (Å²) in [5, 5.41) is 0.621. The van der Waals surface area contributed by atoms with Crippen molar-refractivity contribution in [1.29, 1.82) is 0 Å². The third kappa shape index (κ3) is 5.35. The van der Waals surface area contributed by atoms with Crippen LogP contribution in [0.15, 0.2) is 24.3 Å². The monoisotopic (exact) mass is 262 g/mol. The minimum atomic E-state index is -0.165. The van der Waals surface area contributed by atoms with Crippen LogP contribution < -0.4 is 10.9 Å². The summed E-state index contributed by atoms with van der Waals surface area (Å²) >= 11 is 5.72. The molecule has 1 aromatic carbocycles. The summed E-state index contributed by atoms with van der Waals surface area (Å²) < 4.78 is 0. The van der Waals surface area contributed by atoms with Crippen LogP contribution in [0.4, 0.5) is 0 Å². The average Bonchev–Trinajstić information content (AvgIpc) is 2.14. The van der Waals surface area contributed by atoms with Gasteiger partial charge in [0.2, 0.25) is 0 Å². The second-order valence-electron chi connectivity index (χ2n) is 4.34. The van der Waals surface area contributed by atoms with E-state index in [2.05, 4.69) is 10.9 Å². The molecule has 0 heterocycles. The maximum absolute atomic E-state index is 11.6. The number of hydrazine groups is 1. The molecule has 5 heteroatoms. The van der Waals surface area contributed by atoms with Gasteiger partial charge in [0.1, 0.15) is 0 Å². The van der Waals surface area contributed by atoms with Crippen LogP contribution >= 0.6 is 24.0 Å². The van der Waals surface area contributed by atoms with Gasteiger partial charge < -0.3 is 0 Å². The van der Waals surface area contributed by atoms with E-state index in [-0.39, 0.29) is 23.9 Å². The zero-order valence-corrected chi connectivity index (χ0v) is 11.1. The molecule has 0 radical (unpaired) electrons. The molecule has 0 aliphatic rings. The molecule has 0 unspecified atom stereocenters. The molecule has 2 N–H and O–H groups in total. The predicted molar refractivity (Wildman–Crippen MR) is 69.1 cm³/mol. The average molecular weight is 263 g/mol. The van der Waals surface area contributed by atoms with Crippen molar-refractivity contribution in [3.8, 4) is 0 Å². The van der Waals surface area contributed by atoms with Crippen LogP contribution in [0.5, 0.6) is 0 Å². The van der Waals surface area contributed by atoms with Crippen molar-refractivity contribution in [2.24, 2.45) is 0 Å². The number of rotatable bonds is 2. The zero-order chi connectivity index (χ0) is 11.5. The van der Waals surface area contributed by atoms with Crippen LogP contribution in [0, 0.1) is 0 Å². The van der Waals surface area contributed by atoms with Crippen molar-refractivity contribution in [3.63, 3.8) is 0 Å². The Bertz CT molecular complexity index is 344. The van der Waals surface area contributed by atoms with Crippen LogP contribution in [-0.2, 0) is 0 Å². The lowest BCUT2D eigenvalue weighted by atomic mass is 10.1. The third-order valence-corrected chi connectivity index (χ3v) is 1.91. The molecule has 0 aromatic heterocycles. The zero-order valence-electron chi connectivity index (χ0n) is 9.50. The highest BCUT2D eigenvalue weighted by Crippen LogP contribution is 2.09. The predicted octanol–water partition coefficient (Wildman–Crippen LogP) is 2.79. The highest BCUT2D eigenvalue weighted by molar-refractivity contribution is 6.30. The van der Waals surface area contributed by atoms with E-state index >= 15 is 0 Å². The van der Waals surface area contributed by atoms with E-state index in [0.717, 1.165) is 0 Å². The Morgan fingerprint density at radius 3 is 2.12 bits per heavy atom. The summed E-state index contributed by atoms with van der Waals surface area (Å²) in [5.41, 5.74) is 5.96. The summed E-state index contributed by atoms with van der Waals surface area (Å²) in [5.74, 6) is -0.165. The number of nitrogens with one attached hydrogen (secondary N) is 2. The van der Waals surface area contributed by atoms with Crippen LogP contribution in [-0.4, -0.2) is 11.4 Å². The summed E-state index contributed by atoms with van der Waals surface area (Å²) in [6.07, 6.45) is 0.